The zero-order valence-corrected chi connectivity index (χ0v) is 24.2. The Balaban J connectivity index is 1.32. The molecule has 0 radical (unpaired) electrons. The number of methoxy groups -OCH3 is 1. The first-order valence-corrected chi connectivity index (χ1v) is 14.7. The summed E-state index contributed by atoms with van der Waals surface area (Å²) in [6.45, 7) is 2.68. The molecule has 10 nitrogen and oxygen atoms in total. The van der Waals surface area contributed by atoms with Crippen molar-refractivity contribution in [2.75, 3.05) is 32.2 Å². The lowest BCUT2D eigenvalue weighted by Crippen LogP contribution is -2.49. The lowest BCUT2D eigenvalue weighted by molar-refractivity contribution is -0.126. The summed E-state index contributed by atoms with van der Waals surface area (Å²) < 4.78 is 39.5. The van der Waals surface area contributed by atoms with Gasteiger partial charge in [-0.3, -0.25) is 4.79 Å². The summed E-state index contributed by atoms with van der Waals surface area (Å²) in [6, 6.07) is 8.08. The minimum atomic E-state index is -1.74. The number of hydrogen-bond donors (Lipinski definition) is 3. The number of benzene rings is 2. The topological polar surface area (TPSA) is 132 Å². The summed E-state index contributed by atoms with van der Waals surface area (Å²) in [5.41, 5.74) is 2.40. The number of hydrogen-bond acceptors (Lipinski definition) is 9. The molecule has 3 N–H and O–H groups in total. The van der Waals surface area contributed by atoms with Gasteiger partial charge in [0.25, 0.3) is 0 Å². The van der Waals surface area contributed by atoms with Crippen LogP contribution in [0, 0.1) is 5.82 Å². The maximum Gasteiger partial charge on any atom is 0.244 e. The molecule has 1 aromatic heterocycles. The standard InChI is InChI=1S/C28H31ClFN5O5S/c1-16(19-9-20(30)12-22(10-19)39-2)32-27(37)24(15-36)35-14-18-4-3-17(11-25(18)41(35)38)26-23(29)13-31-28(34-26)33-21-5-7-40-8-6-21/h3-4,9-13,16,21,24,36H,5-8,14-15H2,1-2H3,(H,32,37)(H,31,33,34)/t16-,24-,41?/m1/s1. The second-order valence-electron chi connectivity index (χ2n) is 9.92. The van der Waals surface area contributed by atoms with E-state index in [4.69, 9.17) is 21.1 Å². The molecule has 5 rings (SSSR count). The number of fused-ring (bicyclic) bond motifs is 1. The number of aromatic nitrogens is 2. The number of carbonyl (C=O) groups is 1. The molecule has 1 fully saturated rings. The first-order chi connectivity index (χ1) is 19.8. The third-order valence-electron chi connectivity index (χ3n) is 7.18. The third kappa shape index (κ3) is 6.58. The van der Waals surface area contributed by atoms with Crippen LogP contribution < -0.4 is 15.4 Å². The number of rotatable bonds is 9. The number of ether oxygens (including phenoxy) is 2. The van der Waals surface area contributed by atoms with Gasteiger partial charge in [0.15, 0.2) is 10.9 Å². The molecular weight excluding hydrogens is 573 g/mol. The van der Waals surface area contributed by atoms with Crippen molar-refractivity contribution in [3.63, 3.8) is 0 Å². The van der Waals surface area contributed by atoms with E-state index in [-0.39, 0.29) is 12.6 Å². The van der Waals surface area contributed by atoms with Crippen LogP contribution in [0.15, 0.2) is 47.5 Å². The molecule has 3 heterocycles. The van der Waals surface area contributed by atoms with Crippen LogP contribution >= 0.6 is 11.6 Å². The molecule has 0 spiro atoms. The molecule has 218 valence electrons. The fourth-order valence-corrected chi connectivity index (χ4v) is 6.57. The number of amides is 1. The molecule has 2 aliphatic rings. The molecule has 3 atom stereocenters. The lowest BCUT2D eigenvalue weighted by atomic mass is 10.1. The number of nitrogens with one attached hydrogen (secondary N) is 2. The highest BCUT2D eigenvalue weighted by atomic mass is 35.5. The molecule has 3 aromatic rings. The van der Waals surface area contributed by atoms with Crippen molar-refractivity contribution in [2.24, 2.45) is 0 Å². The van der Waals surface area contributed by atoms with E-state index < -0.39 is 41.8 Å². The van der Waals surface area contributed by atoms with Gasteiger partial charge in [-0.1, -0.05) is 23.7 Å². The molecule has 2 aromatic carbocycles. The fourth-order valence-electron chi connectivity index (χ4n) is 4.89. The predicted molar refractivity (Wildman–Crippen MR) is 152 cm³/mol. The smallest absolute Gasteiger partial charge is 0.244 e. The van der Waals surface area contributed by atoms with E-state index in [9.17, 15) is 18.8 Å². The van der Waals surface area contributed by atoms with Crippen LogP contribution in [-0.2, 0) is 27.4 Å². The van der Waals surface area contributed by atoms with E-state index >= 15 is 0 Å². The number of aliphatic hydroxyl groups excluding tert-OH is 1. The Morgan fingerprint density at radius 2 is 2.10 bits per heavy atom. The van der Waals surface area contributed by atoms with Crippen molar-refractivity contribution >= 4 is 34.8 Å². The van der Waals surface area contributed by atoms with Gasteiger partial charge >= 0.3 is 0 Å². The van der Waals surface area contributed by atoms with Crippen molar-refractivity contribution in [3.05, 3.63) is 64.6 Å². The second kappa shape index (κ2) is 12.9. The van der Waals surface area contributed by atoms with Crippen LogP contribution in [-0.4, -0.2) is 68.9 Å². The summed E-state index contributed by atoms with van der Waals surface area (Å²) >= 11 is 4.72. The van der Waals surface area contributed by atoms with E-state index in [1.54, 1.807) is 19.1 Å². The van der Waals surface area contributed by atoms with Crippen LogP contribution in [0.3, 0.4) is 0 Å². The number of aliphatic hydroxyl groups is 1. The summed E-state index contributed by atoms with van der Waals surface area (Å²) in [7, 11) is 1.43. The summed E-state index contributed by atoms with van der Waals surface area (Å²) in [5, 5.41) is 16.6. The van der Waals surface area contributed by atoms with Gasteiger partial charge in [0.2, 0.25) is 11.9 Å². The van der Waals surface area contributed by atoms with E-state index in [0.29, 0.717) is 51.7 Å². The van der Waals surface area contributed by atoms with Gasteiger partial charge < -0.3 is 29.8 Å². The van der Waals surface area contributed by atoms with E-state index in [1.807, 2.05) is 12.1 Å². The van der Waals surface area contributed by atoms with Gasteiger partial charge in [-0.2, -0.15) is 0 Å². The Bertz CT molecular complexity index is 1410. The van der Waals surface area contributed by atoms with Crippen LogP contribution in [0.5, 0.6) is 5.75 Å². The quantitative estimate of drug-likeness (QED) is 0.314. The van der Waals surface area contributed by atoms with Gasteiger partial charge in [0, 0.05) is 42.5 Å². The normalized spacial score (nSPS) is 18.9. The van der Waals surface area contributed by atoms with Crippen molar-refractivity contribution in [2.45, 2.75) is 49.3 Å². The Kier molecular flexibility index (Phi) is 9.27. The van der Waals surface area contributed by atoms with Crippen molar-refractivity contribution in [3.8, 4) is 17.0 Å². The maximum absolute atomic E-state index is 14.0. The van der Waals surface area contributed by atoms with Crippen molar-refractivity contribution in [1.82, 2.24) is 19.6 Å². The van der Waals surface area contributed by atoms with Crippen molar-refractivity contribution in [1.29, 1.82) is 0 Å². The number of halogens is 2. The number of carbonyl (C=O) groups excluding carboxylic acids is 1. The Hall–Kier alpha value is -3.00. The summed E-state index contributed by atoms with van der Waals surface area (Å²) in [6.07, 6.45) is 3.23. The Morgan fingerprint density at radius 3 is 2.83 bits per heavy atom. The molecule has 0 bridgehead atoms. The maximum atomic E-state index is 14.0. The molecule has 13 heteroatoms. The SMILES string of the molecule is COc1cc(F)cc([C@@H](C)NC(=O)[C@@H](CO)N2Cc3ccc(-c4nc(NC5CCOCC5)ncc4Cl)cc3[S+]2[O-])c1. The van der Waals surface area contributed by atoms with Crippen molar-refractivity contribution < 1.29 is 28.3 Å². The number of nitrogens with zero attached hydrogens (tertiary/aromatic N) is 3. The third-order valence-corrected chi connectivity index (χ3v) is 9.02. The fraction of sp³-hybridized carbons (Fsp3) is 0.393. The molecule has 0 aliphatic carbocycles. The highest BCUT2D eigenvalue weighted by Gasteiger charge is 2.42. The molecule has 0 saturated carbocycles. The molecule has 2 aliphatic heterocycles. The highest BCUT2D eigenvalue weighted by Crippen LogP contribution is 2.36. The monoisotopic (exact) mass is 603 g/mol. The minimum absolute atomic E-state index is 0.192. The van der Waals surface area contributed by atoms with Gasteiger partial charge in [-0.15, -0.1) is 4.31 Å². The van der Waals surface area contributed by atoms with E-state index in [1.165, 1.54) is 29.7 Å². The Morgan fingerprint density at radius 1 is 1.32 bits per heavy atom. The Labute approximate surface area is 245 Å². The molecule has 41 heavy (non-hydrogen) atoms. The largest absolute Gasteiger partial charge is 0.593 e. The second-order valence-corrected chi connectivity index (χ2v) is 11.7. The van der Waals surface area contributed by atoms with Crippen LogP contribution in [0.1, 0.15) is 36.9 Å². The first-order valence-electron chi connectivity index (χ1n) is 13.2. The summed E-state index contributed by atoms with van der Waals surface area (Å²) in [4.78, 5) is 22.6. The zero-order chi connectivity index (χ0) is 29.1. The van der Waals surface area contributed by atoms with Crippen LogP contribution in [0.4, 0.5) is 10.3 Å². The summed E-state index contributed by atoms with van der Waals surface area (Å²) in [5.74, 6) is -0.266. The lowest BCUT2D eigenvalue weighted by Gasteiger charge is -2.26. The van der Waals surface area contributed by atoms with E-state index in [2.05, 4.69) is 20.6 Å². The molecule has 1 unspecified atom stereocenters. The van der Waals surface area contributed by atoms with Gasteiger partial charge in [-0.05, 0) is 37.5 Å². The highest BCUT2D eigenvalue weighted by molar-refractivity contribution is 7.89. The van der Waals surface area contributed by atoms with Gasteiger partial charge in [0.1, 0.15) is 11.6 Å². The molecular formula is C28H31ClFN5O5S. The van der Waals surface area contributed by atoms with E-state index in [0.717, 1.165) is 18.4 Å². The average molecular weight is 604 g/mol. The average Bonchev–Trinajstić information content (AvgIpc) is 3.29. The van der Waals surface area contributed by atoms with Crippen LogP contribution in [0.25, 0.3) is 11.3 Å². The predicted octanol–water partition coefficient (Wildman–Crippen LogP) is 3.61. The van der Waals surface area contributed by atoms with Gasteiger partial charge in [-0.25, -0.2) is 14.4 Å². The molecule has 1 amide bonds. The minimum Gasteiger partial charge on any atom is -0.593 e. The van der Waals surface area contributed by atoms with Gasteiger partial charge in [0.05, 0.1) is 54.6 Å². The number of anilines is 1. The molecule has 1 saturated heterocycles. The zero-order valence-electron chi connectivity index (χ0n) is 22.6. The van der Waals surface area contributed by atoms with Crippen LogP contribution in [0.2, 0.25) is 5.02 Å². The first kappa shape index (κ1) is 29.5.